The molecular weight excluding hydrogens is 286 g/mol. The van der Waals surface area contributed by atoms with Gasteiger partial charge in [-0.05, 0) is 51.8 Å². The molecule has 22 heavy (non-hydrogen) atoms. The molecule has 0 saturated carbocycles. The minimum Gasteiger partial charge on any atom is -0.481 e. The SMILES string of the molecule is Cc1cc(C(CC(=O)O)B2OC(C)(C)C(C)(C)O2)ccc1F. The lowest BCUT2D eigenvalue weighted by Crippen LogP contribution is -2.41. The Balaban J connectivity index is 2.35. The maximum atomic E-state index is 13.5. The highest BCUT2D eigenvalue weighted by atomic mass is 19.1. The van der Waals surface area contributed by atoms with E-state index in [0.29, 0.717) is 11.1 Å². The largest absolute Gasteiger partial charge is 0.481 e. The summed E-state index contributed by atoms with van der Waals surface area (Å²) in [4.78, 5) is 11.2. The van der Waals surface area contributed by atoms with E-state index in [0.717, 1.165) is 0 Å². The van der Waals surface area contributed by atoms with Crippen molar-refractivity contribution in [3.63, 3.8) is 0 Å². The second-order valence-corrected chi connectivity index (χ2v) is 6.84. The van der Waals surface area contributed by atoms with E-state index in [9.17, 15) is 14.3 Å². The summed E-state index contributed by atoms with van der Waals surface area (Å²) >= 11 is 0. The van der Waals surface area contributed by atoms with Gasteiger partial charge in [0.25, 0.3) is 0 Å². The predicted octanol–water partition coefficient (Wildman–Crippen LogP) is 3.32. The summed E-state index contributed by atoms with van der Waals surface area (Å²) < 4.78 is 25.4. The third kappa shape index (κ3) is 3.18. The van der Waals surface area contributed by atoms with Gasteiger partial charge in [0.2, 0.25) is 0 Å². The Labute approximate surface area is 130 Å². The van der Waals surface area contributed by atoms with Gasteiger partial charge in [0.05, 0.1) is 17.6 Å². The molecule has 1 aromatic carbocycles. The molecule has 2 rings (SSSR count). The molecular formula is C16H22BFO4. The average molecular weight is 308 g/mol. The van der Waals surface area contributed by atoms with Crippen LogP contribution < -0.4 is 0 Å². The quantitative estimate of drug-likeness (QED) is 0.867. The number of carboxylic acids is 1. The molecule has 1 heterocycles. The third-order valence-electron chi connectivity index (χ3n) is 4.60. The van der Waals surface area contributed by atoms with E-state index < -0.39 is 30.1 Å². The van der Waals surface area contributed by atoms with Gasteiger partial charge in [-0.3, -0.25) is 4.79 Å². The van der Waals surface area contributed by atoms with Crippen LogP contribution in [0.3, 0.4) is 0 Å². The van der Waals surface area contributed by atoms with Crippen molar-refractivity contribution in [3.8, 4) is 0 Å². The smallest absolute Gasteiger partial charge is 0.466 e. The molecule has 1 aliphatic rings. The molecule has 6 heteroatoms. The first-order valence-corrected chi connectivity index (χ1v) is 7.37. The standard InChI is InChI=1S/C16H22BFO4/c1-10-8-11(6-7-13(10)18)12(9-14(19)20)17-21-15(2,3)16(4,5)22-17/h6-8,12H,9H2,1-5H3,(H,19,20). The summed E-state index contributed by atoms with van der Waals surface area (Å²) in [6, 6.07) is 4.61. The van der Waals surface area contributed by atoms with Crippen LogP contribution in [0.4, 0.5) is 4.39 Å². The van der Waals surface area contributed by atoms with Crippen molar-refractivity contribution in [2.24, 2.45) is 0 Å². The van der Waals surface area contributed by atoms with E-state index in [1.54, 1.807) is 19.1 Å². The van der Waals surface area contributed by atoms with Crippen molar-refractivity contribution in [2.45, 2.75) is 58.1 Å². The van der Waals surface area contributed by atoms with Gasteiger partial charge in [-0.15, -0.1) is 0 Å². The molecule has 4 nitrogen and oxygen atoms in total. The minimum atomic E-state index is -0.943. The highest BCUT2D eigenvalue weighted by Gasteiger charge is 2.54. The average Bonchev–Trinajstić information content (AvgIpc) is 2.59. The van der Waals surface area contributed by atoms with Crippen molar-refractivity contribution in [2.75, 3.05) is 0 Å². The predicted molar refractivity (Wildman–Crippen MR) is 82.2 cm³/mol. The van der Waals surface area contributed by atoms with Crippen molar-refractivity contribution in [3.05, 3.63) is 35.1 Å². The van der Waals surface area contributed by atoms with E-state index in [2.05, 4.69) is 0 Å². The van der Waals surface area contributed by atoms with Gasteiger partial charge in [-0.1, -0.05) is 12.1 Å². The molecule has 0 aliphatic carbocycles. The van der Waals surface area contributed by atoms with Crippen molar-refractivity contribution in [1.29, 1.82) is 0 Å². The van der Waals surface area contributed by atoms with Crippen LogP contribution in [0.5, 0.6) is 0 Å². The number of hydrogen-bond acceptors (Lipinski definition) is 3. The fraction of sp³-hybridized carbons (Fsp3) is 0.562. The second-order valence-electron chi connectivity index (χ2n) is 6.84. The molecule has 120 valence electrons. The second kappa shape index (κ2) is 5.67. The van der Waals surface area contributed by atoms with Crippen LogP contribution in [0.25, 0.3) is 0 Å². The lowest BCUT2D eigenvalue weighted by molar-refractivity contribution is -0.137. The highest BCUT2D eigenvalue weighted by Crippen LogP contribution is 2.41. The van der Waals surface area contributed by atoms with Crippen molar-refractivity contribution in [1.82, 2.24) is 0 Å². The zero-order valence-corrected chi connectivity index (χ0v) is 13.6. The Hall–Kier alpha value is -1.40. The first-order valence-electron chi connectivity index (χ1n) is 7.37. The van der Waals surface area contributed by atoms with Crippen LogP contribution in [-0.4, -0.2) is 29.4 Å². The lowest BCUT2D eigenvalue weighted by atomic mass is 9.66. The normalized spacial score (nSPS) is 20.9. The Morgan fingerprint density at radius 2 is 1.82 bits per heavy atom. The van der Waals surface area contributed by atoms with E-state index >= 15 is 0 Å². The molecule has 1 saturated heterocycles. The summed E-state index contributed by atoms with van der Waals surface area (Å²) in [5.74, 6) is -1.74. The van der Waals surface area contributed by atoms with Crippen LogP contribution in [-0.2, 0) is 14.1 Å². The van der Waals surface area contributed by atoms with Gasteiger partial charge in [0, 0.05) is 5.82 Å². The summed E-state index contributed by atoms with van der Waals surface area (Å²) in [6.45, 7) is 9.32. The van der Waals surface area contributed by atoms with E-state index in [4.69, 9.17) is 9.31 Å². The number of halogens is 1. The zero-order valence-electron chi connectivity index (χ0n) is 13.6. The number of aryl methyl sites for hydroxylation is 1. The number of carbonyl (C=O) groups is 1. The van der Waals surface area contributed by atoms with Crippen LogP contribution >= 0.6 is 0 Å². The van der Waals surface area contributed by atoms with Gasteiger partial charge in [-0.25, -0.2) is 4.39 Å². The fourth-order valence-electron chi connectivity index (χ4n) is 2.51. The Morgan fingerprint density at radius 3 is 2.27 bits per heavy atom. The molecule has 1 fully saturated rings. The molecule has 1 N–H and O–H groups in total. The monoisotopic (exact) mass is 308 g/mol. The molecule has 0 spiro atoms. The fourth-order valence-corrected chi connectivity index (χ4v) is 2.51. The highest BCUT2D eigenvalue weighted by molar-refractivity contribution is 6.48. The van der Waals surface area contributed by atoms with Gasteiger partial charge >= 0.3 is 13.1 Å². The number of aliphatic carboxylic acids is 1. The number of benzene rings is 1. The molecule has 0 amide bonds. The van der Waals surface area contributed by atoms with E-state index in [1.807, 2.05) is 27.7 Å². The molecule has 1 aliphatic heterocycles. The Kier molecular flexibility index (Phi) is 4.37. The maximum Gasteiger partial charge on any atom is 0.466 e. The minimum absolute atomic E-state index is 0.137. The van der Waals surface area contributed by atoms with Crippen LogP contribution in [0.2, 0.25) is 0 Å². The Bertz CT molecular complexity index is 570. The third-order valence-corrected chi connectivity index (χ3v) is 4.60. The zero-order chi connectivity index (χ0) is 16.7. The van der Waals surface area contributed by atoms with Gasteiger partial charge in [0.15, 0.2) is 0 Å². The first-order chi connectivity index (χ1) is 10.0. The molecule has 0 aromatic heterocycles. The van der Waals surface area contributed by atoms with Crippen LogP contribution in [0.15, 0.2) is 18.2 Å². The summed E-state index contributed by atoms with van der Waals surface area (Å²) in [5.41, 5.74) is 0.108. The topological polar surface area (TPSA) is 55.8 Å². The summed E-state index contributed by atoms with van der Waals surface area (Å²) in [5, 5.41) is 9.20. The number of carboxylic acid groups (broad SMARTS) is 1. The van der Waals surface area contributed by atoms with Gasteiger partial charge in [-0.2, -0.15) is 0 Å². The number of rotatable bonds is 4. The molecule has 1 atom stereocenters. The first kappa shape index (κ1) is 17.0. The summed E-state index contributed by atoms with van der Waals surface area (Å²) in [6.07, 6.45) is -0.137. The lowest BCUT2D eigenvalue weighted by Gasteiger charge is -2.32. The molecule has 0 radical (unpaired) electrons. The molecule has 0 bridgehead atoms. The number of hydrogen-bond donors (Lipinski definition) is 1. The Morgan fingerprint density at radius 1 is 1.27 bits per heavy atom. The van der Waals surface area contributed by atoms with Crippen molar-refractivity contribution >= 4 is 13.1 Å². The van der Waals surface area contributed by atoms with E-state index in [1.165, 1.54) is 6.07 Å². The maximum absolute atomic E-state index is 13.5. The molecule has 1 unspecified atom stereocenters. The van der Waals surface area contributed by atoms with Crippen LogP contribution in [0, 0.1) is 12.7 Å². The van der Waals surface area contributed by atoms with Gasteiger partial charge in [0.1, 0.15) is 5.82 Å². The van der Waals surface area contributed by atoms with Crippen molar-refractivity contribution < 1.29 is 23.6 Å². The van der Waals surface area contributed by atoms with E-state index in [-0.39, 0.29) is 12.2 Å². The van der Waals surface area contributed by atoms with Crippen LogP contribution in [0.1, 0.15) is 51.1 Å². The van der Waals surface area contributed by atoms with Gasteiger partial charge < -0.3 is 14.4 Å². The summed E-state index contributed by atoms with van der Waals surface area (Å²) in [7, 11) is -0.675. The molecule has 1 aromatic rings.